The molecule has 0 aromatic heterocycles. The van der Waals surface area contributed by atoms with E-state index in [0.717, 1.165) is 23.2 Å². The molecule has 0 radical (unpaired) electrons. The van der Waals surface area contributed by atoms with Crippen molar-refractivity contribution >= 4 is 6.29 Å². The van der Waals surface area contributed by atoms with Gasteiger partial charge in [0.05, 0.1) is 7.11 Å². The van der Waals surface area contributed by atoms with Gasteiger partial charge in [-0.25, -0.2) is 0 Å². The molecule has 0 fully saturated rings. The van der Waals surface area contributed by atoms with Crippen molar-refractivity contribution in [1.29, 1.82) is 0 Å². The molecule has 0 aliphatic rings. The van der Waals surface area contributed by atoms with Gasteiger partial charge in [0.1, 0.15) is 11.9 Å². The van der Waals surface area contributed by atoms with Gasteiger partial charge in [-0.15, -0.1) is 0 Å². The molecule has 0 heterocycles. The van der Waals surface area contributed by atoms with Crippen molar-refractivity contribution in [1.82, 2.24) is 0 Å². The fourth-order valence-corrected chi connectivity index (χ4v) is 1.35. The highest BCUT2D eigenvalue weighted by Crippen LogP contribution is 2.22. The minimum absolute atomic E-state index is 0.486. The Morgan fingerprint density at radius 2 is 2.07 bits per heavy atom. The van der Waals surface area contributed by atoms with Gasteiger partial charge >= 0.3 is 0 Å². The zero-order valence-corrected chi connectivity index (χ0v) is 8.61. The van der Waals surface area contributed by atoms with Crippen LogP contribution < -0.4 is 4.74 Å². The normalized spacial score (nSPS) is 12.2. The molecule has 1 rings (SSSR count). The molecule has 0 N–H and O–H groups in total. The first kappa shape index (κ1) is 10.7. The molecule has 0 amide bonds. The predicted molar refractivity (Wildman–Crippen MR) is 53.5 cm³/mol. The molecule has 76 valence electrons. The first-order chi connectivity index (χ1) is 6.72. The molecule has 1 atom stereocenters. The highest BCUT2D eigenvalue weighted by Gasteiger charge is 2.09. The largest absolute Gasteiger partial charge is 0.496 e. The van der Waals surface area contributed by atoms with Crippen LogP contribution >= 0.6 is 0 Å². The van der Waals surface area contributed by atoms with Gasteiger partial charge in [0.15, 0.2) is 6.29 Å². The van der Waals surface area contributed by atoms with E-state index in [9.17, 15) is 4.79 Å². The molecule has 1 aromatic rings. The smallest absolute Gasteiger partial charge is 0.153 e. The lowest BCUT2D eigenvalue weighted by Crippen LogP contribution is -2.03. The zero-order chi connectivity index (χ0) is 10.6. The third kappa shape index (κ3) is 2.12. The lowest BCUT2D eigenvalue weighted by Gasteiger charge is -2.11. The number of hydrogen-bond acceptors (Lipinski definition) is 3. The Morgan fingerprint density at radius 1 is 1.36 bits per heavy atom. The Kier molecular flexibility index (Phi) is 3.65. The average Bonchev–Trinajstić information content (AvgIpc) is 2.20. The number of carbonyl (C=O) groups is 1. The monoisotopic (exact) mass is 194 g/mol. The number of aryl methyl sites for hydroxylation is 1. The van der Waals surface area contributed by atoms with E-state index in [2.05, 4.69) is 0 Å². The molecule has 0 bridgehead atoms. The van der Waals surface area contributed by atoms with Crippen LogP contribution in [0.4, 0.5) is 0 Å². The van der Waals surface area contributed by atoms with Crippen LogP contribution in [-0.4, -0.2) is 20.5 Å². The Bertz CT molecular complexity index is 320. The van der Waals surface area contributed by atoms with Crippen LogP contribution in [0.25, 0.3) is 0 Å². The van der Waals surface area contributed by atoms with Crippen molar-refractivity contribution in [3.8, 4) is 5.75 Å². The fraction of sp³-hybridized carbons (Fsp3) is 0.364. The van der Waals surface area contributed by atoms with Crippen molar-refractivity contribution in [2.45, 2.75) is 13.0 Å². The number of aldehydes is 1. The van der Waals surface area contributed by atoms with Crippen LogP contribution in [0.3, 0.4) is 0 Å². The molecule has 0 spiro atoms. The first-order valence-corrected chi connectivity index (χ1v) is 4.35. The van der Waals surface area contributed by atoms with E-state index in [1.807, 2.05) is 25.1 Å². The molecular formula is C11H14O3. The van der Waals surface area contributed by atoms with E-state index in [-0.39, 0.29) is 0 Å². The van der Waals surface area contributed by atoms with E-state index >= 15 is 0 Å². The first-order valence-electron chi connectivity index (χ1n) is 4.35. The maximum Gasteiger partial charge on any atom is 0.153 e. The van der Waals surface area contributed by atoms with Crippen LogP contribution in [0.1, 0.15) is 17.2 Å². The summed E-state index contributed by atoms with van der Waals surface area (Å²) in [5, 5.41) is 0. The summed E-state index contributed by atoms with van der Waals surface area (Å²) in [4.78, 5) is 10.6. The zero-order valence-electron chi connectivity index (χ0n) is 8.61. The van der Waals surface area contributed by atoms with Crippen LogP contribution in [0.15, 0.2) is 18.2 Å². The third-order valence-corrected chi connectivity index (χ3v) is 2.12. The molecule has 0 saturated carbocycles. The predicted octanol–water partition coefficient (Wildman–Crippen LogP) is 1.89. The highest BCUT2D eigenvalue weighted by atomic mass is 16.5. The van der Waals surface area contributed by atoms with Gasteiger partial charge in [-0.1, -0.05) is 6.07 Å². The molecule has 1 unspecified atom stereocenters. The summed E-state index contributed by atoms with van der Waals surface area (Å²) in [5.41, 5.74) is 1.84. The van der Waals surface area contributed by atoms with Crippen molar-refractivity contribution in [3.05, 3.63) is 29.3 Å². The molecule has 0 aliphatic carbocycles. The highest BCUT2D eigenvalue weighted by molar-refractivity contribution is 5.60. The quantitative estimate of drug-likeness (QED) is 0.686. The molecule has 14 heavy (non-hydrogen) atoms. The Balaban J connectivity index is 3.01. The maximum atomic E-state index is 10.6. The standard InChI is InChI=1S/C11H14O3/c1-8-6-9(11(7-12)14-3)4-5-10(8)13-2/h4-7,11H,1-3H3. The second-order valence-electron chi connectivity index (χ2n) is 3.02. The van der Waals surface area contributed by atoms with Crippen LogP contribution in [0.2, 0.25) is 0 Å². The molecular weight excluding hydrogens is 180 g/mol. The average molecular weight is 194 g/mol. The van der Waals surface area contributed by atoms with Gasteiger partial charge in [-0.05, 0) is 30.2 Å². The number of methoxy groups -OCH3 is 2. The second kappa shape index (κ2) is 4.77. The fourth-order valence-electron chi connectivity index (χ4n) is 1.35. The minimum atomic E-state index is -0.486. The summed E-state index contributed by atoms with van der Waals surface area (Å²) in [5.74, 6) is 0.814. The van der Waals surface area contributed by atoms with E-state index in [0.29, 0.717) is 0 Å². The van der Waals surface area contributed by atoms with Crippen LogP contribution in [-0.2, 0) is 9.53 Å². The number of ether oxygens (including phenoxy) is 2. The summed E-state index contributed by atoms with van der Waals surface area (Å²) in [6, 6.07) is 5.55. The van der Waals surface area contributed by atoms with E-state index < -0.39 is 6.10 Å². The van der Waals surface area contributed by atoms with E-state index in [4.69, 9.17) is 9.47 Å². The van der Waals surface area contributed by atoms with E-state index in [1.54, 1.807) is 7.11 Å². The Hall–Kier alpha value is -1.35. The van der Waals surface area contributed by atoms with Crippen LogP contribution in [0, 0.1) is 6.92 Å². The minimum Gasteiger partial charge on any atom is -0.496 e. The van der Waals surface area contributed by atoms with Crippen LogP contribution in [0.5, 0.6) is 5.75 Å². The molecule has 3 heteroatoms. The SMILES string of the molecule is COc1ccc(C(C=O)OC)cc1C. The molecule has 0 saturated heterocycles. The summed E-state index contributed by atoms with van der Waals surface area (Å²) < 4.78 is 10.1. The number of carbonyl (C=O) groups excluding carboxylic acids is 1. The summed E-state index contributed by atoms with van der Waals surface area (Å²) >= 11 is 0. The Morgan fingerprint density at radius 3 is 2.50 bits per heavy atom. The lowest BCUT2D eigenvalue weighted by atomic mass is 10.1. The van der Waals surface area contributed by atoms with Gasteiger partial charge in [0.2, 0.25) is 0 Å². The molecule has 1 aromatic carbocycles. The topological polar surface area (TPSA) is 35.5 Å². The Labute approximate surface area is 83.6 Å². The van der Waals surface area contributed by atoms with Crippen molar-refractivity contribution in [3.63, 3.8) is 0 Å². The summed E-state index contributed by atoms with van der Waals surface area (Å²) in [6.07, 6.45) is 0.293. The molecule has 0 aliphatic heterocycles. The number of hydrogen-bond donors (Lipinski definition) is 0. The third-order valence-electron chi connectivity index (χ3n) is 2.12. The molecule has 3 nitrogen and oxygen atoms in total. The van der Waals surface area contributed by atoms with Gasteiger partial charge in [-0.3, -0.25) is 0 Å². The van der Waals surface area contributed by atoms with Gasteiger partial charge in [0, 0.05) is 7.11 Å². The number of rotatable bonds is 4. The maximum absolute atomic E-state index is 10.6. The summed E-state index contributed by atoms with van der Waals surface area (Å²) in [7, 11) is 3.13. The second-order valence-corrected chi connectivity index (χ2v) is 3.02. The van der Waals surface area contributed by atoms with Gasteiger partial charge in [0.25, 0.3) is 0 Å². The number of benzene rings is 1. The van der Waals surface area contributed by atoms with Crippen molar-refractivity contribution < 1.29 is 14.3 Å². The van der Waals surface area contributed by atoms with E-state index in [1.165, 1.54) is 7.11 Å². The van der Waals surface area contributed by atoms with Gasteiger partial charge < -0.3 is 14.3 Å². The lowest BCUT2D eigenvalue weighted by molar-refractivity contribution is -0.116. The summed E-state index contributed by atoms with van der Waals surface area (Å²) in [6.45, 7) is 1.93. The van der Waals surface area contributed by atoms with Gasteiger partial charge in [-0.2, -0.15) is 0 Å². The van der Waals surface area contributed by atoms with Crippen molar-refractivity contribution in [2.24, 2.45) is 0 Å². The van der Waals surface area contributed by atoms with Crippen molar-refractivity contribution in [2.75, 3.05) is 14.2 Å².